The number of hydrogen-bond acceptors (Lipinski definition) is 6. The van der Waals surface area contributed by atoms with Gasteiger partial charge in [-0.2, -0.15) is 5.10 Å². The van der Waals surface area contributed by atoms with Crippen LogP contribution in [0, 0.1) is 0 Å². The number of hydrogen-bond donors (Lipinski definition) is 1. The maximum absolute atomic E-state index is 12.7. The van der Waals surface area contributed by atoms with Crippen LogP contribution < -0.4 is 5.32 Å². The van der Waals surface area contributed by atoms with Crippen LogP contribution in [0.3, 0.4) is 0 Å². The van der Waals surface area contributed by atoms with Crippen LogP contribution in [0.25, 0.3) is 0 Å². The van der Waals surface area contributed by atoms with E-state index in [2.05, 4.69) is 25.3 Å². The molecule has 134 valence electrons. The van der Waals surface area contributed by atoms with Gasteiger partial charge in [-0.05, 0) is 17.4 Å². The molecule has 0 unspecified atom stereocenters. The molecule has 0 bridgehead atoms. The van der Waals surface area contributed by atoms with E-state index in [-0.39, 0.29) is 11.9 Å². The summed E-state index contributed by atoms with van der Waals surface area (Å²) in [5.41, 5.74) is 2.13. The molecule has 1 amide bonds. The number of amidine groups is 1. The Morgan fingerprint density at radius 3 is 3.00 bits per heavy atom. The number of amides is 1. The van der Waals surface area contributed by atoms with E-state index >= 15 is 0 Å². The second-order valence-corrected chi connectivity index (χ2v) is 7.03. The Labute approximate surface area is 156 Å². The predicted octanol–water partition coefficient (Wildman–Crippen LogP) is 2.18. The number of aliphatic imine (C=N–C) groups is 1. The van der Waals surface area contributed by atoms with Gasteiger partial charge in [0, 0.05) is 18.8 Å². The van der Waals surface area contributed by atoms with E-state index in [1.807, 2.05) is 35.7 Å². The van der Waals surface area contributed by atoms with Gasteiger partial charge in [0.15, 0.2) is 5.17 Å². The standard InChI is InChI=1S/C18H20N6OS/c25-17(10-15-11-26-18-20-7-9-24(15)18)22-16(14-4-2-1-3-5-14)6-8-23-13-19-12-21-23/h1-5,11-13,16H,6-10H2,(H,22,25)/t16-/m0/s1. The molecule has 4 rings (SSSR count). The quantitative estimate of drug-likeness (QED) is 0.811. The van der Waals surface area contributed by atoms with Crippen LogP contribution in [0.2, 0.25) is 0 Å². The number of nitrogens with one attached hydrogen (secondary N) is 1. The van der Waals surface area contributed by atoms with E-state index in [0.717, 1.165) is 35.9 Å². The monoisotopic (exact) mass is 368 g/mol. The van der Waals surface area contributed by atoms with E-state index in [4.69, 9.17) is 0 Å². The summed E-state index contributed by atoms with van der Waals surface area (Å²) in [4.78, 5) is 23.2. The highest BCUT2D eigenvalue weighted by molar-refractivity contribution is 8.16. The topological polar surface area (TPSA) is 75.4 Å². The molecule has 2 aliphatic rings. The van der Waals surface area contributed by atoms with Crippen molar-refractivity contribution in [1.29, 1.82) is 0 Å². The lowest BCUT2D eigenvalue weighted by Gasteiger charge is -2.21. The van der Waals surface area contributed by atoms with Crippen LogP contribution in [0.5, 0.6) is 0 Å². The fraction of sp³-hybridized carbons (Fsp3) is 0.333. The first-order valence-electron chi connectivity index (χ1n) is 8.64. The molecule has 3 heterocycles. The van der Waals surface area contributed by atoms with Crippen LogP contribution in [-0.4, -0.2) is 43.8 Å². The molecule has 7 nitrogen and oxygen atoms in total. The summed E-state index contributed by atoms with van der Waals surface area (Å²) < 4.78 is 1.78. The molecular formula is C18H20N6OS. The number of aromatic nitrogens is 3. The van der Waals surface area contributed by atoms with Crippen molar-refractivity contribution in [3.63, 3.8) is 0 Å². The first kappa shape index (κ1) is 16.8. The number of aryl methyl sites for hydroxylation is 1. The minimum atomic E-state index is -0.0609. The van der Waals surface area contributed by atoms with Crippen LogP contribution in [0.4, 0.5) is 0 Å². The Hall–Kier alpha value is -2.61. The molecule has 0 spiro atoms. The second-order valence-electron chi connectivity index (χ2n) is 6.20. The molecule has 26 heavy (non-hydrogen) atoms. The van der Waals surface area contributed by atoms with E-state index in [1.165, 1.54) is 6.33 Å². The molecular weight excluding hydrogens is 348 g/mol. The number of benzene rings is 1. The second kappa shape index (κ2) is 7.74. The van der Waals surface area contributed by atoms with Crippen LogP contribution in [0.15, 0.2) is 59.1 Å². The number of nitrogens with zero attached hydrogens (tertiary/aromatic N) is 5. The Kier molecular flexibility index (Phi) is 5.01. The molecule has 1 atom stereocenters. The molecule has 1 aromatic heterocycles. The summed E-state index contributed by atoms with van der Waals surface area (Å²) in [5, 5.41) is 10.4. The molecule has 0 saturated heterocycles. The number of fused-ring (bicyclic) bond motifs is 1. The van der Waals surface area contributed by atoms with Gasteiger partial charge in [-0.1, -0.05) is 42.1 Å². The van der Waals surface area contributed by atoms with Gasteiger partial charge in [0.1, 0.15) is 12.7 Å². The smallest absolute Gasteiger partial charge is 0.226 e. The highest BCUT2D eigenvalue weighted by Crippen LogP contribution is 2.31. The van der Waals surface area contributed by atoms with Crippen molar-refractivity contribution in [3.05, 3.63) is 59.7 Å². The summed E-state index contributed by atoms with van der Waals surface area (Å²) in [6.07, 6.45) is 4.34. The third-order valence-corrected chi connectivity index (χ3v) is 5.39. The zero-order valence-corrected chi connectivity index (χ0v) is 15.1. The molecule has 0 radical (unpaired) electrons. The molecule has 0 aliphatic carbocycles. The molecule has 2 aliphatic heterocycles. The largest absolute Gasteiger partial charge is 0.349 e. The molecule has 8 heteroatoms. The van der Waals surface area contributed by atoms with Gasteiger partial charge in [0.25, 0.3) is 0 Å². The van der Waals surface area contributed by atoms with Gasteiger partial charge in [-0.25, -0.2) is 4.98 Å². The fourth-order valence-electron chi connectivity index (χ4n) is 3.14. The molecule has 1 N–H and O–H groups in total. The summed E-state index contributed by atoms with van der Waals surface area (Å²) in [5.74, 6) is 0.0254. The lowest BCUT2D eigenvalue weighted by Crippen LogP contribution is -2.32. The van der Waals surface area contributed by atoms with Crippen LogP contribution in [0.1, 0.15) is 24.4 Å². The molecule has 0 fully saturated rings. The first-order chi connectivity index (χ1) is 12.8. The minimum absolute atomic E-state index is 0.0254. The normalized spacial score (nSPS) is 16.8. The lowest BCUT2D eigenvalue weighted by atomic mass is 10.0. The highest BCUT2D eigenvalue weighted by Gasteiger charge is 2.28. The van der Waals surface area contributed by atoms with E-state index in [9.17, 15) is 4.79 Å². The SMILES string of the molecule is O=C(CC1=CSC2=NCCN12)N[C@@H](CCn1cncn1)c1ccccc1. The van der Waals surface area contributed by atoms with Gasteiger partial charge < -0.3 is 10.2 Å². The van der Waals surface area contributed by atoms with Crippen molar-refractivity contribution in [2.45, 2.75) is 25.4 Å². The van der Waals surface area contributed by atoms with Gasteiger partial charge in [0.05, 0.1) is 19.0 Å². The molecule has 0 saturated carbocycles. The molecule has 2 aromatic rings. The average Bonchev–Trinajstić information content (AvgIpc) is 3.39. The summed E-state index contributed by atoms with van der Waals surface area (Å²) in [7, 11) is 0. The predicted molar refractivity (Wildman–Crippen MR) is 101 cm³/mol. The Morgan fingerprint density at radius 2 is 2.19 bits per heavy atom. The number of carbonyl (C=O) groups excluding carboxylic acids is 1. The minimum Gasteiger partial charge on any atom is -0.349 e. The third-order valence-electron chi connectivity index (χ3n) is 4.44. The van der Waals surface area contributed by atoms with Crippen LogP contribution in [-0.2, 0) is 11.3 Å². The van der Waals surface area contributed by atoms with Crippen molar-refractivity contribution >= 4 is 22.8 Å². The van der Waals surface area contributed by atoms with E-state index in [0.29, 0.717) is 13.0 Å². The summed E-state index contributed by atoms with van der Waals surface area (Å²) >= 11 is 1.60. The molecule has 1 aromatic carbocycles. The van der Waals surface area contributed by atoms with Crippen molar-refractivity contribution in [2.24, 2.45) is 4.99 Å². The van der Waals surface area contributed by atoms with Crippen molar-refractivity contribution in [2.75, 3.05) is 13.1 Å². The highest BCUT2D eigenvalue weighted by atomic mass is 32.2. The maximum atomic E-state index is 12.7. The van der Waals surface area contributed by atoms with E-state index in [1.54, 1.807) is 22.8 Å². The van der Waals surface area contributed by atoms with Crippen molar-refractivity contribution in [3.8, 4) is 0 Å². The summed E-state index contributed by atoms with van der Waals surface area (Å²) in [6.45, 7) is 2.38. The van der Waals surface area contributed by atoms with Gasteiger partial charge >= 0.3 is 0 Å². The zero-order valence-electron chi connectivity index (χ0n) is 14.3. The van der Waals surface area contributed by atoms with Gasteiger partial charge in [-0.3, -0.25) is 14.5 Å². The Morgan fingerprint density at radius 1 is 1.31 bits per heavy atom. The van der Waals surface area contributed by atoms with Gasteiger partial charge in [0.2, 0.25) is 5.91 Å². The van der Waals surface area contributed by atoms with Crippen molar-refractivity contribution < 1.29 is 4.79 Å². The van der Waals surface area contributed by atoms with Crippen LogP contribution >= 0.6 is 11.8 Å². The number of rotatable bonds is 7. The maximum Gasteiger partial charge on any atom is 0.226 e. The lowest BCUT2D eigenvalue weighted by molar-refractivity contribution is -0.121. The summed E-state index contributed by atoms with van der Waals surface area (Å²) in [6, 6.07) is 9.99. The zero-order chi connectivity index (χ0) is 17.8. The third kappa shape index (κ3) is 3.80. The van der Waals surface area contributed by atoms with Gasteiger partial charge in [-0.15, -0.1) is 0 Å². The Bertz CT molecular complexity index is 817. The van der Waals surface area contributed by atoms with E-state index < -0.39 is 0 Å². The Balaban J connectivity index is 1.40. The first-order valence-corrected chi connectivity index (χ1v) is 9.52. The average molecular weight is 368 g/mol. The van der Waals surface area contributed by atoms with Crippen molar-refractivity contribution in [1.82, 2.24) is 25.0 Å². The fourth-order valence-corrected chi connectivity index (χ4v) is 4.10. The number of thioether (sulfide) groups is 1. The number of carbonyl (C=O) groups is 1.